The molecule has 0 spiro atoms. The monoisotopic (exact) mass is 515 g/mol. The Kier molecular flexibility index (Phi) is 8.05. The number of halogens is 1. The fourth-order valence-corrected chi connectivity index (χ4v) is 5.25. The standard InChI is InChI=1S/C31H30ClNO4/c32-30-24(6-3-7-28(30)31(34)35)15-17-36-26-12-10-23(11-13-26)27-14-16-33-19-29(27)37-20-21-8-9-22-4-1-2-5-25(22)18-21/h1-13,18,27,29,33H,14-17,19-20H2,(H,34,35). The van der Waals surface area contributed by atoms with Gasteiger partial charge in [0.15, 0.2) is 0 Å². The zero-order chi connectivity index (χ0) is 25.6. The van der Waals surface area contributed by atoms with Crippen LogP contribution in [0, 0.1) is 0 Å². The molecule has 190 valence electrons. The van der Waals surface area contributed by atoms with Crippen LogP contribution in [0.1, 0.15) is 39.4 Å². The maximum atomic E-state index is 11.3. The van der Waals surface area contributed by atoms with Gasteiger partial charge in [-0.15, -0.1) is 0 Å². The van der Waals surface area contributed by atoms with E-state index in [1.54, 1.807) is 6.07 Å². The van der Waals surface area contributed by atoms with Gasteiger partial charge in [0, 0.05) is 18.9 Å². The number of carboxylic acids is 1. The summed E-state index contributed by atoms with van der Waals surface area (Å²) in [5, 5.41) is 15.5. The quantitative estimate of drug-likeness (QED) is 0.267. The van der Waals surface area contributed by atoms with Crippen molar-refractivity contribution >= 4 is 28.3 Å². The molecule has 2 unspecified atom stereocenters. The molecule has 0 radical (unpaired) electrons. The average Bonchev–Trinajstić information content (AvgIpc) is 2.93. The molecule has 6 heteroatoms. The van der Waals surface area contributed by atoms with Crippen LogP contribution in [-0.2, 0) is 17.8 Å². The molecule has 4 aromatic rings. The van der Waals surface area contributed by atoms with Gasteiger partial charge >= 0.3 is 5.97 Å². The topological polar surface area (TPSA) is 67.8 Å². The van der Waals surface area contributed by atoms with E-state index in [1.807, 2.05) is 18.2 Å². The number of ether oxygens (including phenoxy) is 2. The molecule has 1 heterocycles. The van der Waals surface area contributed by atoms with Crippen LogP contribution in [0.3, 0.4) is 0 Å². The van der Waals surface area contributed by atoms with E-state index in [0.29, 0.717) is 25.6 Å². The molecular formula is C31H30ClNO4. The summed E-state index contributed by atoms with van der Waals surface area (Å²) in [6.07, 6.45) is 1.64. The summed E-state index contributed by atoms with van der Waals surface area (Å²) in [4.78, 5) is 11.3. The number of hydrogen-bond donors (Lipinski definition) is 2. The van der Waals surface area contributed by atoms with Crippen molar-refractivity contribution in [3.8, 4) is 5.75 Å². The minimum atomic E-state index is -1.03. The number of rotatable bonds is 9. The minimum absolute atomic E-state index is 0.0932. The highest BCUT2D eigenvalue weighted by Crippen LogP contribution is 2.30. The Labute approximate surface area is 222 Å². The van der Waals surface area contributed by atoms with Crippen LogP contribution in [0.4, 0.5) is 0 Å². The molecule has 2 N–H and O–H groups in total. The highest BCUT2D eigenvalue weighted by Gasteiger charge is 2.27. The second-order valence-corrected chi connectivity index (χ2v) is 9.76. The van der Waals surface area contributed by atoms with E-state index in [0.717, 1.165) is 30.8 Å². The Balaban J connectivity index is 1.18. The van der Waals surface area contributed by atoms with E-state index in [9.17, 15) is 9.90 Å². The van der Waals surface area contributed by atoms with Crippen LogP contribution in [-0.4, -0.2) is 36.9 Å². The van der Waals surface area contributed by atoms with Crippen LogP contribution in [0.15, 0.2) is 84.9 Å². The Morgan fingerprint density at radius 3 is 2.59 bits per heavy atom. The molecule has 37 heavy (non-hydrogen) atoms. The molecule has 1 aliphatic heterocycles. The molecule has 0 aliphatic carbocycles. The highest BCUT2D eigenvalue weighted by atomic mass is 35.5. The SMILES string of the molecule is O=C(O)c1cccc(CCOc2ccc(C3CCNCC3OCc3ccc4ccccc4c3)cc2)c1Cl. The van der Waals surface area contributed by atoms with Gasteiger partial charge in [0.2, 0.25) is 0 Å². The van der Waals surface area contributed by atoms with Gasteiger partial charge in [0.1, 0.15) is 5.75 Å². The number of piperidine rings is 1. The molecule has 0 bridgehead atoms. The van der Waals surface area contributed by atoms with Gasteiger partial charge < -0.3 is 19.9 Å². The van der Waals surface area contributed by atoms with Crippen molar-refractivity contribution in [3.63, 3.8) is 0 Å². The van der Waals surface area contributed by atoms with Crippen LogP contribution in [0.5, 0.6) is 5.75 Å². The van der Waals surface area contributed by atoms with Crippen LogP contribution in [0.2, 0.25) is 5.02 Å². The summed E-state index contributed by atoms with van der Waals surface area (Å²) < 4.78 is 12.3. The lowest BCUT2D eigenvalue weighted by Crippen LogP contribution is -2.40. The summed E-state index contributed by atoms with van der Waals surface area (Å²) >= 11 is 6.24. The smallest absolute Gasteiger partial charge is 0.337 e. The second kappa shape index (κ2) is 11.8. The van der Waals surface area contributed by atoms with E-state index in [-0.39, 0.29) is 16.7 Å². The lowest BCUT2D eigenvalue weighted by atomic mass is 9.87. The van der Waals surface area contributed by atoms with Crippen molar-refractivity contribution in [1.29, 1.82) is 0 Å². The van der Waals surface area contributed by atoms with E-state index in [1.165, 1.54) is 28.0 Å². The maximum Gasteiger partial charge on any atom is 0.337 e. The summed E-state index contributed by atoms with van der Waals surface area (Å²) in [7, 11) is 0. The first-order valence-electron chi connectivity index (χ1n) is 12.6. The molecule has 1 saturated heterocycles. The number of hydrogen-bond acceptors (Lipinski definition) is 4. The minimum Gasteiger partial charge on any atom is -0.493 e. The molecular weight excluding hydrogens is 486 g/mol. The first kappa shape index (κ1) is 25.3. The van der Waals surface area contributed by atoms with Crippen LogP contribution >= 0.6 is 11.6 Å². The zero-order valence-electron chi connectivity index (χ0n) is 20.5. The van der Waals surface area contributed by atoms with Crippen molar-refractivity contribution in [2.45, 2.75) is 31.5 Å². The fraction of sp³-hybridized carbons (Fsp3) is 0.258. The lowest BCUT2D eigenvalue weighted by molar-refractivity contribution is 0.0106. The number of aromatic carboxylic acids is 1. The number of benzene rings is 4. The third-order valence-corrected chi connectivity index (χ3v) is 7.41. The molecule has 0 aromatic heterocycles. The third kappa shape index (κ3) is 6.13. The summed E-state index contributed by atoms with van der Waals surface area (Å²) in [6.45, 7) is 2.79. The largest absolute Gasteiger partial charge is 0.493 e. The maximum absolute atomic E-state index is 11.3. The van der Waals surface area contributed by atoms with Crippen LogP contribution < -0.4 is 10.1 Å². The predicted octanol–water partition coefficient (Wildman–Crippen LogP) is 6.48. The van der Waals surface area contributed by atoms with E-state index in [4.69, 9.17) is 21.1 Å². The first-order chi connectivity index (χ1) is 18.1. The number of nitrogens with one attached hydrogen (secondary N) is 1. The van der Waals surface area contributed by atoms with Gasteiger partial charge in [0.25, 0.3) is 0 Å². The molecule has 4 aromatic carbocycles. The van der Waals surface area contributed by atoms with E-state index in [2.05, 4.69) is 59.9 Å². The Morgan fingerprint density at radius 1 is 0.973 bits per heavy atom. The van der Waals surface area contributed by atoms with Crippen LogP contribution in [0.25, 0.3) is 10.8 Å². The molecule has 0 amide bonds. The van der Waals surface area contributed by atoms with Gasteiger partial charge in [-0.2, -0.15) is 0 Å². The molecule has 2 atom stereocenters. The van der Waals surface area contributed by atoms with Gasteiger partial charge in [0.05, 0.1) is 29.9 Å². The zero-order valence-corrected chi connectivity index (χ0v) is 21.3. The lowest BCUT2D eigenvalue weighted by Gasteiger charge is -2.32. The van der Waals surface area contributed by atoms with Crippen molar-refractivity contribution in [1.82, 2.24) is 5.32 Å². The Bertz CT molecular complexity index is 1370. The van der Waals surface area contributed by atoms with Gasteiger partial charge in [-0.3, -0.25) is 0 Å². The van der Waals surface area contributed by atoms with E-state index >= 15 is 0 Å². The molecule has 5 nitrogen and oxygen atoms in total. The summed E-state index contributed by atoms with van der Waals surface area (Å²) in [6, 6.07) is 28.2. The van der Waals surface area contributed by atoms with Gasteiger partial charge in [-0.25, -0.2) is 4.79 Å². The summed E-state index contributed by atoms with van der Waals surface area (Å²) in [5.41, 5.74) is 3.30. The normalized spacial score (nSPS) is 17.5. The fourth-order valence-electron chi connectivity index (χ4n) is 4.95. The second-order valence-electron chi connectivity index (χ2n) is 9.38. The number of carboxylic acid groups (broad SMARTS) is 1. The number of fused-ring (bicyclic) bond motifs is 1. The average molecular weight is 516 g/mol. The van der Waals surface area contributed by atoms with Crippen molar-refractivity contribution in [2.24, 2.45) is 0 Å². The Hall–Kier alpha value is -3.38. The van der Waals surface area contributed by atoms with Gasteiger partial charge in [-0.1, -0.05) is 72.3 Å². The molecule has 0 saturated carbocycles. The number of carbonyl (C=O) groups is 1. The first-order valence-corrected chi connectivity index (χ1v) is 13.0. The van der Waals surface area contributed by atoms with E-state index < -0.39 is 5.97 Å². The van der Waals surface area contributed by atoms with Gasteiger partial charge in [-0.05, 0) is 64.7 Å². The molecule has 1 fully saturated rings. The van der Waals surface area contributed by atoms with Crippen molar-refractivity contribution in [3.05, 3.63) is 112 Å². The Morgan fingerprint density at radius 2 is 1.78 bits per heavy atom. The highest BCUT2D eigenvalue weighted by molar-refractivity contribution is 6.34. The molecule has 5 rings (SSSR count). The third-order valence-electron chi connectivity index (χ3n) is 6.96. The predicted molar refractivity (Wildman–Crippen MR) is 147 cm³/mol. The van der Waals surface area contributed by atoms with Crippen molar-refractivity contribution in [2.75, 3.05) is 19.7 Å². The molecule has 1 aliphatic rings. The van der Waals surface area contributed by atoms with Crippen molar-refractivity contribution < 1.29 is 19.4 Å². The summed E-state index contributed by atoms with van der Waals surface area (Å²) in [5.74, 6) is 0.0611.